The molecule has 7 heteroatoms. The molecule has 0 fully saturated rings. The van der Waals surface area contributed by atoms with Gasteiger partial charge in [-0.25, -0.2) is 4.79 Å². The third-order valence-electron chi connectivity index (χ3n) is 2.31. The van der Waals surface area contributed by atoms with Crippen LogP contribution in [0.15, 0.2) is 10.7 Å². The van der Waals surface area contributed by atoms with E-state index in [1.54, 1.807) is 18.9 Å². The summed E-state index contributed by atoms with van der Waals surface area (Å²) in [5.41, 5.74) is 0.122. The summed E-state index contributed by atoms with van der Waals surface area (Å²) in [6.07, 6.45) is 1.58. The lowest BCUT2D eigenvalue weighted by Crippen LogP contribution is -2.28. The zero-order chi connectivity index (χ0) is 14.1. The van der Waals surface area contributed by atoms with Crippen molar-refractivity contribution in [3.63, 3.8) is 0 Å². The minimum Gasteiger partial charge on any atom is -0.461 e. The van der Waals surface area contributed by atoms with Crippen molar-refractivity contribution in [2.45, 2.75) is 13.3 Å². The lowest BCUT2D eigenvalue weighted by atomic mass is 10.4. The second-order valence-corrected chi connectivity index (χ2v) is 3.62. The molecule has 0 amide bonds. The summed E-state index contributed by atoms with van der Waals surface area (Å²) >= 11 is 0. The largest absolute Gasteiger partial charge is 0.461 e. The quantitative estimate of drug-likeness (QED) is 0.654. The van der Waals surface area contributed by atoms with Crippen LogP contribution in [-0.2, 0) is 9.47 Å². The monoisotopic (exact) mass is 267 g/mol. The standard InChI is InChI=1S/C12H17N3O4/c1-3-18-11(16)10-9-19-12(14-10)15(6-4-5-13)7-8-17-2/h9H,3-4,6-8H2,1-2H3. The van der Waals surface area contributed by atoms with Crippen molar-refractivity contribution < 1.29 is 18.7 Å². The molecule has 0 spiro atoms. The van der Waals surface area contributed by atoms with Gasteiger partial charge >= 0.3 is 5.97 Å². The summed E-state index contributed by atoms with van der Waals surface area (Å²) < 4.78 is 15.0. The van der Waals surface area contributed by atoms with E-state index in [0.29, 0.717) is 26.1 Å². The van der Waals surface area contributed by atoms with Gasteiger partial charge in [0.2, 0.25) is 0 Å². The Hall–Kier alpha value is -2.07. The Morgan fingerprint density at radius 1 is 1.58 bits per heavy atom. The zero-order valence-electron chi connectivity index (χ0n) is 11.1. The summed E-state index contributed by atoms with van der Waals surface area (Å²) in [5, 5.41) is 8.62. The molecule has 0 aromatic carbocycles. The molecule has 1 rings (SSSR count). The summed E-state index contributed by atoms with van der Waals surface area (Å²) in [5.74, 6) is -0.524. The summed E-state index contributed by atoms with van der Waals surface area (Å²) in [6, 6.07) is 2.34. The molecule has 0 N–H and O–H groups in total. The lowest BCUT2D eigenvalue weighted by molar-refractivity contribution is 0.0519. The van der Waals surface area contributed by atoms with Gasteiger partial charge in [0.25, 0.3) is 6.01 Å². The fourth-order valence-corrected chi connectivity index (χ4v) is 1.40. The molecule has 1 heterocycles. The van der Waals surface area contributed by atoms with E-state index in [1.807, 2.05) is 0 Å². The lowest BCUT2D eigenvalue weighted by Gasteiger charge is -2.18. The van der Waals surface area contributed by atoms with E-state index in [1.165, 1.54) is 6.26 Å². The van der Waals surface area contributed by atoms with Gasteiger partial charge in [0, 0.05) is 20.2 Å². The van der Waals surface area contributed by atoms with Crippen molar-refractivity contribution >= 4 is 12.0 Å². The van der Waals surface area contributed by atoms with E-state index in [-0.39, 0.29) is 18.3 Å². The van der Waals surface area contributed by atoms with Crippen LogP contribution >= 0.6 is 0 Å². The van der Waals surface area contributed by atoms with Gasteiger partial charge < -0.3 is 18.8 Å². The number of carbonyl (C=O) groups is 1. The molecular weight excluding hydrogens is 250 g/mol. The Morgan fingerprint density at radius 2 is 2.37 bits per heavy atom. The van der Waals surface area contributed by atoms with Gasteiger partial charge in [-0.2, -0.15) is 10.2 Å². The summed E-state index contributed by atoms with van der Waals surface area (Å²) in [4.78, 5) is 17.3. The highest BCUT2D eigenvalue weighted by molar-refractivity contribution is 5.87. The number of anilines is 1. The highest BCUT2D eigenvalue weighted by Crippen LogP contribution is 2.14. The number of methoxy groups -OCH3 is 1. The Kier molecular flexibility index (Phi) is 6.39. The molecule has 0 saturated carbocycles. The predicted molar refractivity (Wildman–Crippen MR) is 66.8 cm³/mol. The van der Waals surface area contributed by atoms with Crippen LogP contribution in [0.1, 0.15) is 23.8 Å². The fourth-order valence-electron chi connectivity index (χ4n) is 1.40. The molecule has 0 atom stereocenters. The number of nitrogens with zero attached hydrogens (tertiary/aromatic N) is 3. The number of hydrogen-bond acceptors (Lipinski definition) is 7. The minimum absolute atomic E-state index is 0.122. The van der Waals surface area contributed by atoms with Crippen LogP contribution in [0.3, 0.4) is 0 Å². The summed E-state index contributed by atoms with van der Waals surface area (Å²) in [6.45, 7) is 3.46. The third-order valence-corrected chi connectivity index (χ3v) is 2.31. The van der Waals surface area contributed by atoms with Crippen molar-refractivity contribution in [3.8, 4) is 6.07 Å². The van der Waals surface area contributed by atoms with Crippen molar-refractivity contribution in [2.24, 2.45) is 0 Å². The van der Waals surface area contributed by atoms with Crippen LogP contribution in [0, 0.1) is 11.3 Å². The average Bonchev–Trinajstić information content (AvgIpc) is 2.89. The Bertz CT molecular complexity index is 438. The third kappa shape index (κ3) is 4.60. The van der Waals surface area contributed by atoms with Crippen molar-refractivity contribution in [3.05, 3.63) is 12.0 Å². The molecule has 1 aromatic heterocycles. The molecule has 0 bridgehead atoms. The number of oxazole rings is 1. The maximum Gasteiger partial charge on any atom is 0.360 e. The summed E-state index contributed by atoms with van der Waals surface area (Å²) in [7, 11) is 1.59. The van der Waals surface area contributed by atoms with E-state index < -0.39 is 5.97 Å². The molecule has 0 saturated heterocycles. The number of rotatable bonds is 8. The molecule has 0 aliphatic heterocycles. The minimum atomic E-state index is -0.524. The Morgan fingerprint density at radius 3 is 3.00 bits per heavy atom. The second kappa shape index (κ2) is 8.11. The molecule has 0 radical (unpaired) electrons. The second-order valence-electron chi connectivity index (χ2n) is 3.62. The van der Waals surface area contributed by atoms with E-state index >= 15 is 0 Å². The van der Waals surface area contributed by atoms with E-state index in [0.717, 1.165) is 0 Å². The first-order valence-corrected chi connectivity index (χ1v) is 5.96. The number of hydrogen-bond donors (Lipinski definition) is 0. The van der Waals surface area contributed by atoms with Crippen LogP contribution in [0.4, 0.5) is 6.01 Å². The molecule has 7 nitrogen and oxygen atoms in total. The maximum atomic E-state index is 11.5. The van der Waals surface area contributed by atoms with Crippen molar-refractivity contribution in [2.75, 3.05) is 38.3 Å². The van der Waals surface area contributed by atoms with Gasteiger partial charge in [-0.3, -0.25) is 0 Å². The number of nitriles is 1. The van der Waals surface area contributed by atoms with Crippen LogP contribution < -0.4 is 4.90 Å². The van der Waals surface area contributed by atoms with Crippen molar-refractivity contribution in [1.82, 2.24) is 4.98 Å². The first-order chi connectivity index (χ1) is 9.22. The first-order valence-electron chi connectivity index (χ1n) is 5.96. The Labute approximate surface area is 111 Å². The molecular formula is C12H17N3O4. The van der Waals surface area contributed by atoms with Crippen LogP contribution in [0.25, 0.3) is 0 Å². The number of esters is 1. The molecule has 19 heavy (non-hydrogen) atoms. The smallest absolute Gasteiger partial charge is 0.360 e. The first kappa shape index (κ1) is 15.0. The maximum absolute atomic E-state index is 11.5. The van der Waals surface area contributed by atoms with Gasteiger partial charge in [0.05, 0.1) is 25.7 Å². The Balaban J connectivity index is 2.73. The highest BCUT2D eigenvalue weighted by Gasteiger charge is 2.17. The van der Waals surface area contributed by atoms with Gasteiger partial charge in [0.1, 0.15) is 6.26 Å². The van der Waals surface area contributed by atoms with Crippen LogP contribution in [-0.4, -0.2) is 44.4 Å². The van der Waals surface area contributed by atoms with Crippen LogP contribution in [0.5, 0.6) is 0 Å². The van der Waals surface area contributed by atoms with E-state index in [2.05, 4.69) is 11.1 Å². The normalized spacial score (nSPS) is 9.95. The van der Waals surface area contributed by atoms with Crippen molar-refractivity contribution in [1.29, 1.82) is 5.26 Å². The number of ether oxygens (including phenoxy) is 2. The van der Waals surface area contributed by atoms with Crippen LogP contribution in [0.2, 0.25) is 0 Å². The number of carbonyl (C=O) groups excluding carboxylic acids is 1. The van der Waals surface area contributed by atoms with E-state index in [9.17, 15) is 4.79 Å². The molecule has 0 unspecified atom stereocenters. The topological polar surface area (TPSA) is 88.6 Å². The fraction of sp³-hybridized carbons (Fsp3) is 0.583. The molecule has 0 aliphatic carbocycles. The molecule has 1 aromatic rings. The average molecular weight is 267 g/mol. The van der Waals surface area contributed by atoms with Gasteiger partial charge in [-0.05, 0) is 6.92 Å². The SMILES string of the molecule is CCOC(=O)c1coc(N(CCC#N)CCOC)n1. The predicted octanol–water partition coefficient (Wildman–Crippen LogP) is 1.22. The van der Waals surface area contributed by atoms with Gasteiger partial charge in [-0.15, -0.1) is 0 Å². The molecule has 104 valence electrons. The van der Waals surface area contributed by atoms with Gasteiger partial charge in [-0.1, -0.05) is 0 Å². The highest BCUT2D eigenvalue weighted by atomic mass is 16.5. The molecule has 0 aliphatic rings. The van der Waals surface area contributed by atoms with E-state index in [4.69, 9.17) is 19.2 Å². The number of aromatic nitrogens is 1. The van der Waals surface area contributed by atoms with Gasteiger partial charge in [0.15, 0.2) is 5.69 Å². The zero-order valence-corrected chi connectivity index (χ0v) is 11.1.